The molecule has 6 nitrogen and oxygen atoms in total. The molecule has 8 heteroatoms. The predicted octanol–water partition coefficient (Wildman–Crippen LogP) is 2.47. The predicted molar refractivity (Wildman–Crippen MR) is 83.0 cm³/mol. The minimum Gasteiger partial charge on any atom is -0.456 e. The minimum absolute atomic E-state index is 0.0381. The molecule has 0 radical (unpaired) electrons. The number of ether oxygens (including phenoxy) is 1. The summed E-state index contributed by atoms with van der Waals surface area (Å²) < 4.78 is 42.2. The van der Waals surface area contributed by atoms with Crippen LogP contribution in [0, 0.1) is 22.6 Å². The summed E-state index contributed by atoms with van der Waals surface area (Å²) >= 11 is 0. The van der Waals surface area contributed by atoms with E-state index in [1.165, 1.54) is 18.2 Å². The molecule has 0 bridgehead atoms. The number of hydrogen-bond acceptors (Lipinski definition) is 6. The number of nitrogens with zero attached hydrogens (tertiary/aromatic N) is 1. The van der Waals surface area contributed by atoms with Crippen molar-refractivity contribution in [2.75, 3.05) is 12.0 Å². The fourth-order valence-corrected chi connectivity index (χ4v) is 2.80. The second kappa shape index (κ2) is 6.06. The quantitative estimate of drug-likeness (QED) is 0.658. The Morgan fingerprint density at radius 3 is 2.61 bits per heavy atom. The number of nitrogens with two attached hydrogens (primary N) is 1. The average molecular weight is 333 g/mol. The van der Waals surface area contributed by atoms with Crippen LogP contribution in [0.3, 0.4) is 0 Å². The molecule has 0 saturated heterocycles. The maximum atomic E-state index is 13.4. The highest BCUT2D eigenvalue weighted by atomic mass is 32.2. The van der Waals surface area contributed by atoms with Gasteiger partial charge in [-0.25, -0.2) is 12.8 Å². The lowest BCUT2D eigenvalue weighted by molar-refractivity contribution is 0.475. The summed E-state index contributed by atoms with van der Waals surface area (Å²) in [5.41, 5.74) is 5.77. The van der Waals surface area contributed by atoms with Gasteiger partial charge in [0.1, 0.15) is 17.3 Å². The zero-order chi connectivity index (χ0) is 17.2. The number of benzene rings is 2. The molecule has 118 valence electrons. The molecule has 0 fully saturated rings. The molecule has 2 aromatic carbocycles. The topological polar surface area (TPSA) is 117 Å². The first-order valence-corrected chi connectivity index (χ1v) is 8.17. The summed E-state index contributed by atoms with van der Waals surface area (Å²) in [5.74, 6) is -0.535. The van der Waals surface area contributed by atoms with Gasteiger partial charge in [0.15, 0.2) is 9.84 Å². The van der Waals surface area contributed by atoms with Gasteiger partial charge in [-0.2, -0.15) is 5.26 Å². The largest absolute Gasteiger partial charge is 0.456 e. The van der Waals surface area contributed by atoms with Gasteiger partial charge in [-0.3, -0.25) is 0 Å². The average Bonchev–Trinajstić information content (AvgIpc) is 2.45. The molecule has 0 heterocycles. The summed E-state index contributed by atoms with van der Waals surface area (Å²) in [4.78, 5) is -0.125. The molecule has 2 rings (SSSR count). The fourth-order valence-electron chi connectivity index (χ4n) is 1.97. The van der Waals surface area contributed by atoms with E-state index in [1.807, 2.05) is 0 Å². The van der Waals surface area contributed by atoms with Gasteiger partial charge in [0.05, 0.1) is 27.8 Å². The molecule has 0 aromatic heterocycles. The van der Waals surface area contributed by atoms with Crippen molar-refractivity contribution in [2.45, 2.75) is 4.90 Å². The summed E-state index contributed by atoms with van der Waals surface area (Å²) in [6.45, 7) is 0. The maximum absolute atomic E-state index is 13.4. The molecule has 0 atom stereocenters. The Kier molecular flexibility index (Phi) is 4.33. The fraction of sp³-hybridized carbons (Fsp3) is 0.0667. The van der Waals surface area contributed by atoms with E-state index in [2.05, 4.69) is 0 Å². The Labute approximate surface area is 132 Å². The number of hydrogen-bond donors (Lipinski definition) is 2. The molecule has 0 aliphatic carbocycles. The van der Waals surface area contributed by atoms with Gasteiger partial charge in [0, 0.05) is 18.5 Å². The van der Waals surface area contributed by atoms with Gasteiger partial charge in [-0.05, 0) is 24.3 Å². The van der Waals surface area contributed by atoms with Gasteiger partial charge in [-0.1, -0.05) is 0 Å². The van der Waals surface area contributed by atoms with Crippen LogP contribution in [0.2, 0.25) is 0 Å². The molecular weight excluding hydrogens is 321 g/mol. The van der Waals surface area contributed by atoms with Crippen molar-refractivity contribution in [1.29, 1.82) is 10.7 Å². The lowest BCUT2D eigenvalue weighted by Gasteiger charge is -2.13. The van der Waals surface area contributed by atoms with Crippen LogP contribution in [0.25, 0.3) is 0 Å². The summed E-state index contributed by atoms with van der Waals surface area (Å²) in [6, 6.07) is 7.79. The van der Waals surface area contributed by atoms with Crippen molar-refractivity contribution in [3.05, 3.63) is 47.3 Å². The van der Waals surface area contributed by atoms with Crippen LogP contribution in [0.1, 0.15) is 11.1 Å². The minimum atomic E-state index is -3.56. The Bertz CT molecular complexity index is 934. The molecule has 23 heavy (non-hydrogen) atoms. The zero-order valence-corrected chi connectivity index (χ0v) is 12.8. The molecular formula is C15H12FN3O3S. The summed E-state index contributed by atoms with van der Waals surface area (Å²) in [5, 5.41) is 16.2. The standard InChI is InChI=1S/C15H12FN3O3S/c1-23(20,21)14-3-2-13(12(8-18)15(14)19)22-11-5-9(7-17)4-10(16)6-11/h2-6,8,18H,19H2,1H3. The third kappa shape index (κ3) is 3.46. The highest BCUT2D eigenvalue weighted by Crippen LogP contribution is 2.33. The van der Waals surface area contributed by atoms with E-state index in [1.54, 1.807) is 6.07 Å². The van der Waals surface area contributed by atoms with Crippen LogP contribution in [0.5, 0.6) is 11.5 Å². The Morgan fingerprint density at radius 2 is 2.04 bits per heavy atom. The van der Waals surface area contributed by atoms with Crippen molar-refractivity contribution >= 4 is 21.7 Å². The van der Waals surface area contributed by atoms with Crippen LogP contribution in [-0.2, 0) is 9.84 Å². The van der Waals surface area contributed by atoms with Gasteiger partial charge in [0.2, 0.25) is 0 Å². The number of sulfone groups is 1. The first kappa shape index (κ1) is 16.5. The number of halogens is 1. The third-order valence-electron chi connectivity index (χ3n) is 2.98. The van der Waals surface area contributed by atoms with Gasteiger partial charge in [0.25, 0.3) is 0 Å². The number of nitrogen functional groups attached to an aromatic ring is 1. The van der Waals surface area contributed by atoms with Crippen molar-refractivity contribution in [3.63, 3.8) is 0 Å². The normalized spacial score (nSPS) is 10.8. The molecule has 0 amide bonds. The van der Waals surface area contributed by atoms with Gasteiger partial charge in [-0.15, -0.1) is 0 Å². The van der Waals surface area contributed by atoms with E-state index in [0.29, 0.717) is 0 Å². The molecule has 0 saturated carbocycles. The smallest absolute Gasteiger partial charge is 0.177 e. The van der Waals surface area contributed by atoms with E-state index in [0.717, 1.165) is 24.6 Å². The Balaban J connectivity index is 2.54. The van der Waals surface area contributed by atoms with Crippen LogP contribution in [0.15, 0.2) is 35.2 Å². The lowest BCUT2D eigenvalue weighted by Crippen LogP contribution is -2.06. The molecule has 0 aliphatic rings. The van der Waals surface area contributed by atoms with Crippen molar-refractivity contribution in [1.82, 2.24) is 0 Å². The summed E-state index contributed by atoms with van der Waals surface area (Å²) in [7, 11) is -3.56. The number of nitrogens with one attached hydrogen (secondary N) is 1. The van der Waals surface area contributed by atoms with E-state index in [4.69, 9.17) is 21.1 Å². The number of rotatable bonds is 4. The summed E-state index contributed by atoms with van der Waals surface area (Å²) in [6.07, 6.45) is 1.85. The number of nitriles is 1. The van der Waals surface area contributed by atoms with Crippen LogP contribution < -0.4 is 10.5 Å². The van der Waals surface area contributed by atoms with E-state index >= 15 is 0 Å². The molecule has 0 spiro atoms. The highest BCUT2D eigenvalue weighted by Gasteiger charge is 2.18. The van der Waals surface area contributed by atoms with E-state index in [-0.39, 0.29) is 33.2 Å². The molecule has 0 aliphatic heterocycles. The molecule has 0 unspecified atom stereocenters. The van der Waals surface area contributed by atoms with Crippen LogP contribution in [-0.4, -0.2) is 20.9 Å². The second-order valence-corrected chi connectivity index (χ2v) is 6.68. The van der Waals surface area contributed by atoms with Crippen LogP contribution >= 0.6 is 0 Å². The van der Waals surface area contributed by atoms with Crippen molar-refractivity contribution < 1.29 is 17.5 Å². The lowest BCUT2D eigenvalue weighted by atomic mass is 10.1. The molecule has 3 N–H and O–H groups in total. The van der Waals surface area contributed by atoms with Gasteiger partial charge >= 0.3 is 0 Å². The van der Waals surface area contributed by atoms with E-state index in [9.17, 15) is 12.8 Å². The molecule has 2 aromatic rings. The van der Waals surface area contributed by atoms with Crippen molar-refractivity contribution in [3.8, 4) is 17.6 Å². The first-order valence-electron chi connectivity index (χ1n) is 6.28. The maximum Gasteiger partial charge on any atom is 0.177 e. The third-order valence-corrected chi connectivity index (χ3v) is 4.13. The first-order chi connectivity index (χ1) is 10.8. The van der Waals surface area contributed by atoms with Gasteiger partial charge < -0.3 is 15.9 Å². The Morgan fingerprint density at radius 1 is 1.35 bits per heavy atom. The highest BCUT2D eigenvalue weighted by molar-refractivity contribution is 7.90. The van der Waals surface area contributed by atoms with Crippen LogP contribution in [0.4, 0.5) is 10.1 Å². The zero-order valence-electron chi connectivity index (χ0n) is 12.0. The Hall–Kier alpha value is -2.92. The second-order valence-electron chi connectivity index (χ2n) is 4.70. The van der Waals surface area contributed by atoms with Crippen molar-refractivity contribution in [2.24, 2.45) is 0 Å². The SMILES string of the molecule is CS(=O)(=O)c1ccc(Oc2cc(F)cc(C#N)c2)c(C=N)c1N. The van der Waals surface area contributed by atoms with E-state index < -0.39 is 15.7 Å². The number of anilines is 1. The monoisotopic (exact) mass is 333 g/mol.